The minimum atomic E-state index is -0.509. The molecule has 0 aliphatic heterocycles. The van der Waals surface area contributed by atoms with Crippen LogP contribution in [0.1, 0.15) is 20.3 Å². The third-order valence-electron chi connectivity index (χ3n) is 2.99. The number of carbonyl (C=O) groups is 1. The minimum Gasteiger partial charge on any atom is -0.391 e. The number of rotatable bonds is 7. The molecule has 0 aliphatic rings. The van der Waals surface area contributed by atoms with E-state index in [2.05, 4.69) is 5.32 Å². The first-order valence-electron chi connectivity index (χ1n) is 6.36. The number of hydrogen-bond donors (Lipinski definition) is 2. The van der Waals surface area contributed by atoms with E-state index < -0.39 is 6.10 Å². The van der Waals surface area contributed by atoms with Crippen molar-refractivity contribution in [2.45, 2.75) is 31.3 Å². The molecule has 106 valence electrons. The normalized spacial score (nSPS) is 13.9. The molecule has 1 aromatic carbocycles. The van der Waals surface area contributed by atoms with E-state index in [0.717, 1.165) is 11.3 Å². The maximum Gasteiger partial charge on any atom is 0.230 e. The number of aliphatic hydroxyl groups is 1. The van der Waals surface area contributed by atoms with Crippen LogP contribution in [0.3, 0.4) is 0 Å². The van der Waals surface area contributed by atoms with Crippen molar-refractivity contribution in [1.29, 1.82) is 0 Å². The van der Waals surface area contributed by atoms with Crippen molar-refractivity contribution < 1.29 is 14.3 Å². The molecular weight excluding hydrogens is 265 g/mol. The van der Waals surface area contributed by atoms with Gasteiger partial charge in [0.05, 0.1) is 11.9 Å². The molecule has 0 saturated carbocycles. The van der Waals surface area contributed by atoms with E-state index in [0.29, 0.717) is 0 Å². The molecule has 0 heterocycles. The maximum atomic E-state index is 12.7. The highest BCUT2D eigenvalue weighted by atomic mass is 32.2. The first kappa shape index (κ1) is 16.0. The van der Waals surface area contributed by atoms with Crippen LogP contribution >= 0.6 is 11.8 Å². The molecule has 1 amide bonds. The number of amides is 1. The lowest BCUT2D eigenvalue weighted by Gasteiger charge is -2.17. The van der Waals surface area contributed by atoms with Crippen molar-refractivity contribution in [1.82, 2.24) is 5.32 Å². The van der Waals surface area contributed by atoms with E-state index in [4.69, 9.17) is 0 Å². The quantitative estimate of drug-likeness (QED) is 0.757. The van der Waals surface area contributed by atoms with Crippen molar-refractivity contribution in [2.75, 3.05) is 12.3 Å². The molecule has 5 heteroatoms. The molecule has 1 rings (SSSR count). The standard InChI is InChI=1S/C14H20FNO2S/c1-3-10(2)13(17)8-16-14(18)9-19-12-6-4-11(15)5-7-12/h4-7,10,13,17H,3,8-9H2,1-2H3,(H,16,18). The van der Waals surface area contributed by atoms with E-state index in [-0.39, 0.29) is 29.9 Å². The Labute approximate surface area is 117 Å². The molecule has 0 spiro atoms. The Kier molecular flexibility index (Phi) is 6.87. The van der Waals surface area contributed by atoms with Gasteiger partial charge in [0.2, 0.25) is 5.91 Å². The van der Waals surface area contributed by atoms with Gasteiger partial charge >= 0.3 is 0 Å². The molecule has 2 atom stereocenters. The fourth-order valence-electron chi connectivity index (χ4n) is 1.42. The molecule has 0 saturated heterocycles. The summed E-state index contributed by atoms with van der Waals surface area (Å²) in [7, 11) is 0. The summed E-state index contributed by atoms with van der Waals surface area (Å²) in [5.41, 5.74) is 0. The van der Waals surface area contributed by atoms with E-state index >= 15 is 0 Å². The molecular formula is C14H20FNO2S. The van der Waals surface area contributed by atoms with Crippen molar-refractivity contribution in [2.24, 2.45) is 5.92 Å². The largest absolute Gasteiger partial charge is 0.391 e. The highest BCUT2D eigenvalue weighted by Gasteiger charge is 2.13. The van der Waals surface area contributed by atoms with Crippen molar-refractivity contribution >= 4 is 17.7 Å². The fraction of sp³-hybridized carbons (Fsp3) is 0.500. The first-order valence-corrected chi connectivity index (χ1v) is 7.34. The zero-order valence-corrected chi connectivity index (χ0v) is 12.0. The number of aliphatic hydroxyl groups excluding tert-OH is 1. The molecule has 0 radical (unpaired) electrons. The monoisotopic (exact) mass is 285 g/mol. The zero-order chi connectivity index (χ0) is 14.3. The van der Waals surface area contributed by atoms with Gasteiger partial charge in [0, 0.05) is 11.4 Å². The second-order valence-corrected chi connectivity index (χ2v) is 5.55. The lowest BCUT2D eigenvalue weighted by molar-refractivity contribution is -0.119. The smallest absolute Gasteiger partial charge is 0.230 e. The summed E-state index contributed by atoms with van der Waals surface area (Å²) in [6.45, 7) is 4.22. The lowest BCUT2D eigenvalue weighted by atomic mass is 10.0. The van der Waals surface area contributed by atoms with Crippen LogP contribution in [-0.2, 0) is 4.79 Å². The summed E-state index contributed by atoms with van der Waals surface area (Å²) in [5, 5.41) is 12.4. The van der Waals surface area contributed by atoms with Crippen LogP contribution in [0.15, 0.2) is 29.2 Å². The summed E-state index contributed by atoms with van der Waals surface area (Å²) in [4.78, 5) is 12.4. The predicted molar refractivity (Wildman–Crippen MR) is 75.6 cm³/mol. The van der Waals surface area contributed by atoms with Crippen LogP contribution in [0.5, 0.6) is 0 Å². The van der Waals surface area contributed by atoms with Gasteiger partial charge < -0.3 is 10.4 Å². The van der Waals surface area contributed by atoms with Gasteiger partial charge in [-0.25, -0.2) is 4.39 Å². The number of hydrogen-bond acceptors (Lipinski definition) is 3. The first-order chi connectivity index (χ1) is 9.02. The summed E-state index contributed by atoms with van der Waals surface area (Å²) in [5.74, 6) is 0.0194. The van der Waals surface area contributed by atoms with E-state index in [1.54, 1.807) is 12.1 Å². The molecule has 19 heavy (non-hydrogen) atoms. The Balaban J connectivity index is 2.26. The van der Waals surface area contributed by atoms with Gasteiger partial charge in [-0.1, -0.05) is 20.3 Å². The molecule has 0 aliphatic carbocycles. The lowest BCUT2D eigenvalue weighted by Crippen LogP contribution is -2.36. The topological polar surface area (TPSA) is 49.3 Å². The molecule has 2 N–H and O–H groups in total. The van der Waals surface area contributed by atoms with Crippen molar-refractivity contribution in [3.63, 3.8) is 0 Å². The van der Waals surface area contributed by atoms with Gasteiger partial charge in [-0.2, -0.15) is 0 Å². The number of nitrogens with one attached hydrogen (secondary N) is 1. The van der Waals surface area contributed by atoms with Crippen LogP contribution in [0, 0.1) is 11.7 Å². The Morgan fingerprint density at radius 3 is 2.63 bits per heavy atom. The highest BCUT2D eigenvalue weighted by Crippen LogP contribution is 2.17. The van der Waals surface area contributed by atoms with Gasteiger partial charge in [-0.05, 0) is 30.2 Å². The minimum absolute atomic E-state index is 0.128. The van der Waals surface area contributed by atoms with E-state index in [9.17, 15) is 14.3 Å². The summed E-state index contributed by atoms with van der Waals surface area (Å²) >= 11 is 1.34. The average molecular weight is 285 g/mol. The summed E-state index contributed by atoms with van der Waals surface area (Å²) < 4.78 is 12.7. The van der Waals surface area contributed by atoms with Crippen LogP contribution in [0.25, 0.3) is 0 Å². The van der Waals surface area contributed by atoms with Gasteiger partial charge in [-0.15, -0.1) is 11.8 Å². The van der Waals surface area contributed by atoms with Gasteiger partial charge in [0.1, 0.15) is 5.82 Å². The van der Waals surface area contributed by atoms with Crippen LogP contribution in [-0.4, -0.2) is 29.4 Å². The Morgan fingerprint density at radius 1 is 1.42 bits per heavy atom. The molecule has 1 aromatic rings. The number of benzene rings is 1. The second-order valence-electron chi connectivity index (χ2n) is 4.50. The molecule has 0 bridgehead atoms. The molecule has 3 nitrogen and oxygen atoms in total. The molecule has 0 aromatic heterocycles. The fourth-order valence-corrected chi connectivity index (χ4v) is 2.15. The number of thioether (sulfide) groups is 1. The summed E-state index contributed by atoms with van der Waals surface area (Å²) in [6.07, 6.45) is 0.367. The SMILES string of the molecule is CCC(C)C(O)CNC(=O)CSc1ccc(F)cc1. The zero-order valence-electron chi connectivity index (χ0n) is 11.2. The Hall–Kier alpha value is -1.07. The Bertz CT molecular complexity index is 397. The Morgan fingerprint density at radius 2 is 2.05 bits per heavy atom. The van der Waals surface area contributed by atoms with Gasteiger partial charge in [-0.3, -0.25) is 4.79 Å². The number of carbonyl (C=O) groups excluding carboxylic acids is 1. The molecule has 2 unspecified atom stereocenters. The van der Waals surface area contributed by atoms with Gasteiger partial charge in [0.15, 0.2) is 0 Å². The third-order valence-corrected chi connectivity index (χ3v) is 4.00. The van der Waals surface area contributed by atoms with Gasteiger partial charge in [0.25, 0.3) is 0 Å². The van der Waals surface area contributed by atoms with Crippen LogP contribution in [0.4, 0.5) is 4.39 Å². The molecule has 0 fully saturated rings. The highest BCUT2D eigenvalue weighted by molar-refractivity contribution is 8.00. The maximum absolute atomic E-state index is 12.7. The van der Waals surface area contributed by atoms with E-state index in [1.807, 2.05) is 13.8 Å². The third kappa shape index (κ3) is 6.07. The second kappa shape index (κ2) is 8.17. The van der Waals surface area contributed by atoms with Crippen LogP contribution < -0.4 is 5.32 Å². The van der Waals surface area contributed by atoms with Crippen molar-refractivity contribution in [3.8, 4) is 0 Å². The summed E-state index contributed by atoms with van der Waals surface area (Å²) in [6, 6.07) is 6.02. The predicted octanol–water partition coefficient (Wildman–Crippen LogP) is 2.44. The average Bonchev–Trinajstić information content (AvgIpc) is 2.43. The van der Waals surface area contributed by atoms with Crippen LogP contribution in [0.2, 0.25) is 0 Å². The number of halogens is 1. The van der Waals surface area contributed by atoms with Crippen molar-refractivity contribution in [3.05, 3.63) is 30.1 Å². The van der Waals surface area contributed by atoms with E-state index in [1.165, 1.54) is 23.9 Å².